The lowest BCUT2D eigenvalue weighted by Crippen LogP contribution is -2.56. The molecule has 1 saturated heterocycles. The van der Waals surface area contributed by atoms with Crippen LogP contribution in [0, 0.1) is 0 Å². The van der Waals surface area contributed by atoms with Crippen LogP contribution >= 0.6 is 0 Å². The first-order chi connectivity index (χ1) is 6.85. The van der Waals surface area contributed by atoms with Gasteiger partial charge in [-0.1, -0.05) is 20.3 Å². The van der Waals surface area contributed by atoms with E-state index in [0.29, 0.717) is 0 Å². The Labute approximate surface area is 88.1 Å². The summed E-state index contributed by atoms with van der Waals surface area (Å²) in [6, 6.07) is 2.53. The zero-order valence-electron chi connectivity index (χ0n) is 9.63. The van der Waals surface area contributed by atoms with Crippen LogP contribution in [0.2, 0.25) is 0 Å². The van der Waals surface area contributed by atoms with Gasteiger partial charge in [0.1, 0.15) is 0 Å². The van der Waals surface area contributed by atoms with E-state index in [4.69, 9.17) is 0 Å². The highest BCUT2D eigenvalue weighted by Gasteiger charge is 2.36. The van der Waals surface area contributed by atoms with Gasteiger partial charge in [-0.15, -0.1) is 0 Å². The molecule has 2 heteroatoms. The summed E-state index contributed by atoms with van der Waals surface area (Å²) in [5.41, 5.74) is 0. The van der Waals surface area contributed by atoms with Gasteiger partial charge >= 0.3 is 0 Å². The number of nitrogens with zero attached hydrogens (tertiary/aromatic N) is 1. The molecule has 0 aromatic carbocycles. The number of hydrogen-bond donors (Lipinski definition) is 1. The molecule has 14 heavy (non-hydrogen) atoms. The fourth-order valence-corrected chi connectivity index (χ4v) is 2.66. The smallest absolute Gasteiger partial charge is 0.0221 e. The standard InChI is InChI=1S/C12H24N2/c1-3-5-10-9-14(12-6-7-12)11(4-2)8-13-10/h10-13H,3-9H2,1-2H3. The summed E-state index contributed by atoms with van der Waals surface area (Å²) >= 11 is 0. The molecular weight excluding hydrogens is 172 g/mol. The molecule has 0 spiro atoms. The molecule has 2 rings (SSSR count). The van der Waals surface area contributed by atoms with Crippen molar-refractivity contribution in [1.82, 2.24) is 10.2 Å². The minimum Gasteiger partial charge on any atom is -0.311 e. The van der Waals surface area contributed by atoms with Crippen molar-refractivity contribution in [3.8, 4) is 0 Å². The Hall–Kier alpha value is -0.0800. The molecule has 1 aliphatic heterocycles. The lowest BCUT2D eigenvalue weighted by Gasteiger charge is -2.40. The Morgan fingerprint density at radius 1 is 1.29 bits per heavy atom. The average Bonchev–Trinajstić information content (AvgIpc) is 3.01. The molecule has 2 atom stereocenters. The third kappa shape index (κ3) is 2.29. The van der Waals surface area contributed by atoms with Crippen molar-refractivity contribution in [2.45, 2.75) is 64.1 Å². The number of piperazine rings is 1. The zero-order chi connectivity index (χ0) is 9.97. The molecule has 0 radical (unpaired) electrons. The monoisotopic (exact) mass is 196 g/mol. The quantitative estimate of drug-likeness (QED) is 0.740. The summed E-state index contributed by atoms with van der Waals surface area (Å²) < 4.78 is 0. The van der Waals surface area contributed by atoms with Gasteiger partial charge < -0.3 is 5.32 Å². The van der Waals surface area contributed by atoms with Crippen molar-refractivity contribution in [2.24, 2.45) is 0 Å². The van der Waals surface area contributed by atoms with Gasteiger partial charge in [0.25, 0.3) is 0 Å². The summed E-state index contributed by atoms with van der Waals surface area (Å²) in [6.45, 7) is 7.13. The van der Waals surface area contributed by atoms with E-state index in [0.717, 1.165) is 18.1 Å². The van der Waals surface area contributed by atoms with E-state index in [-0.39, 0.29) is 0 Å². The van der Waals surface area contributed by atoms with Gasteiger partial charge in [0.2, 0.25) is 0 Å². The van der Waals surface area contributed by atoms with E-state index in [1.165, 1.54) is 45.2 Å². The van der Waals surface area contributed by atoms with Gasteiger partial charge in [-0.3, -0.25) is 4.90 Å². The molecule has 1 aliphatic carbocycles. The molecule has 0 amide bonds. The summed E-state index contributed by atoms with van der Waals surface area (Å²) in [7, 11) is 0. The molecule has 1 N–H and O–H groups in total. The Morgan fingerprint density at radius 3 is 2.64 bits per heavy atom. The van der Waals surface area contributed by atoms with Gasteiger partial charge in [-0.2, -0.15) is 0 Å². The van der Waals surface area contributed by atoms with Crippen LogP contribution in [0.25, 0.3) is 0 Å². The first-order valence-corrected chi connectivity index (χ1v) is 6.34. The van der Waals surface area contributed by atoms with Crippen LogP contribution in [0.5, 0.6) is 0 Å². The molecule has 0 aromatic rings. The SMILES string of the molecule is CCCC1CN(C2CC2)C(CC)CN1. The van der Waals surface area contributed by atoms with Crippen molar-refractivity contribution < 1.29 is 0 Å². The molecule has 2 fully saturated rings. The van der Waals surface area contributed by atoms with Crippen molar-refractivity contribution in [2.75, 3.05) is 13.1 Å². The highest BCUT2D eigenvalue weighted by Crippen LogP contribution is 2.31. The van der Waals surface area contributed by atoms with Crippen LogP contribution in [0.3, 0.4) is 0 Å². The fourth-order valence-electron chi connectivity index (χ4n) is 2.66. The van der Waals surface area contributed by atoms with Crippen molar-refractivity contribution >= 4 is 0 Å². The molecule has 0 bridgehead atoms. The summed E-state index contributed by atoms with van der Waals surface area (Å²) in [4.78, 5) is 2.77. The Bertz CT molecular complexity index is 177. The van der Waals surface area contributed by atoms with Crippen LogP contribution in [-0.4, -0.2) is 36.1 Å². The highest BCUT2D eigenvalue weighted by atomic mass is 15.3. The molecule has 1 saturated carbocycles. The van der Waals surface area contributed by atoms with E-state index in [2.05, 4.69) is 24.1 Å². The molecular formula is C12H24N2. The molecule has 2 nitrogen and oxygen atoms in total. The van der Waals surface area contributed by atoms with E-state index >= 15 is 0 Å². The van der Waals surface area contributed by atoms with Gasteiger partial charge in [-0.25, -0.2) is 0 Å². The van der Waals surface area contributed by atoms with Gasteiger partial charge in [0, 0.05) is 31.2 Å². The maximum atomic E-state index is 3.69. The second kappa shape index (κ2) is 4.63. The lowest BCUT2D eigenvalue weighted by atomic mass is 10.0. The Balaban J connectivity index is 1.87. The van der Waals surface area contributed by atoms with Crippen LogP contribution < -0.4 is 5.32 Å². The van der Waals surface area contributed by atoms with Crippen LogP contribution in [0.4, 0.5) is 0 Å². The number of rotatable bonds is 4. The summed E-state index contributed by atoms with van der Waals surface area (Å²) in [5, 5.41) is 3.69. The third-order valence-corrected chi connectivity index (χ3v) is 3.67. The Kier molecular flexibility index (Phi) is 3.45. The maximum Gasteiger partial charge on any atom is 0.0221 e. The number of nitrogens with one attached hydrogen (secondary N) is 1. The van der Waals surface area contributed by atoms with Gasteiger partial charge in [0.05, 0.1) is 0 Å². The molecule has 1 heterocycles. The van der Waals surface area contributed by atoms with Crippen LogP contribution in [-0.2, 0) is 0 Å². The van der Waals surface area contributed by atoms with Crippen LogP contribution in [0.15, 0.2) is 0 Å². The molecule has 82 valence electrons. The lowest BCUT2D eigenvalue weighted by molar-refractivity contribution is 0.115. The summed E-state index contributed by atoms with van der Waals surface area (Å²) in [6.07, 6.45) is 6.87. The zero-order valence-corrected chi connectivity index (χ0v) is 9.63. The normalized spacial score (nSPS) is 34.7. The predicted molar refractivity (Wildman–Crippen MR) is 60.5 cm³/mol. The molecule has 2 unspecified atom stereocenters. The largest absolute Gasteiger partial charge is 0.311 e. The first-order valence-electron chi connectivity index (χ1n) is 6.34. The second-order valence-electron chi connectivity index (χ2n) is 4.88. The van der Waals surface area contributed by atoms with E-state index in [1.54, 1.807) is 0 Å². The van der Waals surface area contributed by atoms with Crippen LogP contribution in [0.1, 0.15) is 46.0 Å². The number of hydrogen-bond acceptors (Lipinski definition) is 2. The van der Waals surface area contributed by atoms with Gasteiger partial charge in [0.15, 0.2) is 0 Å². The van der Waals surface area contributed by atoms with E-state index < -0.39 is 0 Å². The average molecular weight is 196 g/mol. The predicted octanol–water partition coefficient (Wildman–Crippen LogP) is 2.00. The summed E-state index contributed by atoms with van der Waals surface area (Å²) in [5.74, 6) is 0. The van der Waals surface area contributed by atoms with E-state index in [9.17, 15) is 0 Å². The van der Waals surface area contributed by atoms with Crippen molar-refractivity contribution in [1.29, 1.82) is 0 Å². The maximum absolute atomic E-state index is 3.69. The second-order valence-corrected chi connectivity index (χ2v) is 4.88. The van der Waals surface area contributed by atoms with Gasteiger partial charge in [-0.05, 0) is 25.7 Å². The molecule has 0 aromatic heterocycles. The first kappa shape index (κ1) is 10.4. The minimum atomic E-state index is 0.767. The fraction of sp³-hybridized carbons (Fsp3) is 1.00. The Morgan fingerprint density at radius 2 is 2.07 bits per heavy atom. The highest BCUT2D eigenvalue weighted by molar-refractivity contribution is 4.94. The van der Waals surface area contributed by atoms with E-state index in [1.807, 2.05) is 0 Å². The minimum absolute atomic E-state index is 0.767. The topological polar surface area (TPSA) is 15.3 Å². The van der Waals surface area contributed by atoms with Crippen molar-refractivity contribution in [3.05, 3.63) is 0 Å². The third-order valence-electron chi connectivity index (χ3n) is 3.67. The molecule has 2 aliphatic rings. The van der Waals surface area contributed by atoms with Crippen molar-refractivity contribution in [3.63, 3.8) is 0 Å².